The topological polar surface area (TPSA) is 77.5 Å². The number of urea groups is 1. The number of aromatic hydroxyl groups is 1. The fourth-order valence-corrected chi connectivity index (χ4v) is 6.12. The fourth-order valence-electron chi connectivity index (χ4n) is 5.23. The van der Waals surface area contributed by atoms with Crippen LogP contribution in [0.15, 0.2) is 72.8 Å². The predicted octanol–water partition coefficient (Wildman–Crippen LogP) is 8.16. The van der Waals surface area contributed by atoms with E-state index in [1.54, 1.807) is 30.3 Å². The average Bonchev–Trinajstić information content (AvgIpc) is 3.42. The lowest BCUT2D eigenvalue weighted by Gasteiger charge is -2.25. The molecule has 0 unspecified atom stereocenters. The molecule has 6 nitrogen and oxygen atoms in total. The maximum atomic E-state index is 15.4. The van der Waals surface area contributed by atoms with Crippen LogP contribution in [0.4, 0.5) is 40.2 Å². The summed E-state index contributed by atoms with van der Waals surface area (Å²) in [5, 5.41) is 16.8. The first-order chi connectivity index (χ1) is 19.1. The number of thiazole rings is 1. The summed E-state index contributed by atoms with van der Waals surface area (Å²) in [6, 6.07) is 17.3. The molecule has 2 amide bonds. The van der Waals surface area contributed by atoms with E-state index in [1.807, 2.05) is 18.7 Å². The van der Waals surface area contributed by atoms with Gasteiger partial charge in [0.25, 0.3) is 0 Å². The van der Waals surface area contributed by atoms with Gasteiger partial charge in [-0.1, -0.05) is 49.4 Å². The van der Waals surface area contributed by atoms with Gasteiger partial charge in [0.15, 0.2) is 5.13 Å². The highest BCUT2D eigenvalue weighted by molar-refractivity contribution is 7.22. The van der Waals surface area contributed by atoms with Crippen molar-refractivity contribution < 1.29 is 23.1 Å². The van der Waals surface area contributed by atoms with Crippen LogP contribution < -0.4 is 15.5 Å². The number of hydrogen-bond acceptors (Lipinski definition) is 5. The summed E-state index contributed by atoms with van der Waals surface area (Å²) >= 11 is 1.15. The van der Waals surface area contributed by atoms with Crippen molar-refractivity contribution in [2.45, 2.75) is 19.3 Å². The van der Waals surface area contributed by atoms with Crippen molar-refractivity contribution >= 4 is 49.8 Å². The maximum Gasteiger partial charge on any atom is 0.325 e. The molecule has 5 aromatic rings. The van der Waals surface area contributed by atoms with E-state index in [-0.39, 0.29) is 17.1 Å². The number of carbonyl (C=O) groups excluding carboxylic acids is 1. The van der Waals surface area contributed by atoms with Gasteiger partial charge in [-0.15, -0.1) is 0 Å². The predicted molar refractivity (Wildman–Crippen MR) is 152 cm³/mol. The smallest absolute Gasteiger partial charge is 0.325 e. The zero-order valence-corrected chi connectivity index (χ0v) is 22.2. The van der Waals surface area contributed by atoms with Crippen molar-refractivity contribution in [2.75, 3.05) is 22.1 Å². The first kappa shape index (κ1) is 25.7. The molecule has 6 rings (SSSR count). The first-order valence-corrected chi connectivity index (χ1v) is 13.2. The van der Waals surface area contributed by atoms with E-state index in [0.717, 1.165) is 17.4 Å². The summed E-state index contributed by atoms with van der Waals surface area (Å²) in [7, 11) is 0. The third-order valence-electron chi connectivity index (χ3n) is 6.88. The SMILES string of the molecule is CC1(C)CN(c2ccccc2NC(=O)Nc2nc3ccc(F)cc3s2)c2c(O)cc(F)c(-c3ccc(F)cc3)c21. The van der Waals surface area contributed by atoms with Crippen molar-refractivity contribution in [2.24, 2.45) is 0 Å². The molecule has 0 aliphatic carbocycles. The second-order valence-electron chi connectivity index (χ2n) is 10.2. The second kappa shape index (κ2) is 9.56. The Morgan fingerprint density at radius 3 is 2.48 bits per heavy atom. The van der Waals surface area contributed by atoms with E-state index < -0.39 is 23.1 Å². The number of benzene rings is 4. The van der Waals surface area contributed by atoms with E-state index in [2.05, 4.69) is 15.6 Å². The first-order valence-electron chi connectivity index (χ1n) is 12.4. The molecule has 1 aromatic heterocycles. The third-order valence-corrected chi connectivity index (χ3v) is 7.81. The van der Waals surface area contributed by atoms with Gasteiger partial charge < -0.3 is 15.3 Å². The molecular formula is C30H23F3N4O2S. The zero-order chi connectivity index (χ0) is 28.2. The van der Waals surface area contributed by atoms with Crippen LogP contribution in [0.1, 0.15) is 19.4 Å². The lowest BCUT2D eigenvalue weighted by molar-refractivity contribution is 0.262. The number of phenolic OH excluding ortho intramolecular Hbond substituents is 1. The Kier molecular flexibility index (Phi) is 6.14. The largest absolute Gasteiger partial charge is 0.506 e. The highest BCUT2D eigenvalue weighted by Crippen LogP contribution is 2.54. The van der Waals surface area contributed by atoms with Crippen LogP contribution in [0.2, 0.25) is 0 Å². The Balaban J connectivity index is 1.36. The second-order valence-corrected chi connectivity index (χ2v) is 11.2. The third kappa shape index (κ3) is 4.50. The molecule has 0 atom stereocenters. The Morgan fingerprint density at radius 2 is 1.70 bits per heavy atom. The maximum absolute atomic E-state index is 15.4. The summed E-state index contributed by atoms with van der Waals surface area (Å²) in [6.45, 7) is 4.25. The van der Waals surface area contributed by atoms with Gasteiger partial charge in [-0.25, -0.2) is 22.9 Å². The minimum absolute atomic E-state index is 0.245. The Labute approximate surface area is 231 Å². The molecule has 0 fully saturated rings. The van der Waals surface area contributed by atoms with E-state index in [1.165, 1.54) is 36.4 Å². The van der Waals surface area contributed by atoms with E-state index >= 15 is 4.39 Å². The standard InChI is InChI=1S/C30H23F3N4O2S/c1-30(2)15-37(27-23(38)14-19(33)25(26(27)30)16-7-9-17(31)10-8-16)22-6-4-3-5-20(22)34-28(39)36-29-35-21-12-11-18(32)13-24(21)40-29/h3-14,38H,15H2,1-2H3,(H2,34,35,36,39). The van der Waals surface area contributed by atoms with Crippen LogP contribution in [0, 0.1) is 17.5 Å². The number of hydrogen-bond donors (Lipinski definition) is 3. The monoisotopic (exact) mass is 560 g/mol. The number of halogens is 3. The van der Waals surface area contributed by atoms with Crippen LogP contribution in [0.25, 0.3) is 21.3 Å². The van der Waals surface area contributed by atoms with Gasteiger partial charge in [0.1, 0.15) is 23.2 Å². The van der Waals surface area contributed by atoms with E-state index in [0.29, 0.717) is 50.1 Å². The van der Waals surface area contributed by atoms with Crippen LogP contribution >= 0.6 is 11.3 Å². The molecular weight excluding hydrogens is 537 g/mol. The molecule has 2 heterocycles. The number of nitrogens with one attached hydrogen (secondary N) is 2. The molecule has 1 aliphatic rings. The van der Waals surface area contributed by atoms with Gasteiger partial charge in [-0.3, -0.25) is 5.32 Å². The quantitative estimate of drug-likeness (QED) is 0.207. The fraction of sp³-hybridized carbons (Fsp3) is 0.133. The molecule has 202 valence electrons. The number of para-hydroxylation sites is 2. The number of fused-ring (bicyclic) bond motifs is 2. The van der Waals surface area contributed by atoms with Gasteiger partial charge in [0.05, 0.1) is 27.3 Å². The summed E-state index contributed by atoms with van der Waals surface area (Å²) in [5.74, 6) is -1.68. The minimum atomic E-state index is -0.621. The summed E-state index contributed by atoms with van der Waals surface area (Å²) < 4.78 is 43.2. The average molecular weight is 561 g/mol. The van der Waals surface area contributed by atoms with E-state index in [4.69, 9.17) is 0 Å². The van der Waals surface area contributed by atoms with Gasteiger partial charge >= 0.3 is 6.03 Å². The molecule has 1 aliphatic heterocycles. The lowest BCUT2D eigenvalue weighted by Crippen LogP contribution is -2.27. The number of carbonyl (C=O) groups is 1. The summed E-state index contributed by atoms with van der Waals surface area (Å²) in [6.07, 6.45) is 0. The van der Waals surface area contributed by atoms with Crippen LogP contribution in [0.5, 0.6) is 5.75 Å². The van der Waals surface area contributed by atoms with E-state index in [9.17, 15) is 18.7 Å². The van der Waals surface area contributed by atoms with Gasteiger partial charge in [-0.2, -0.15) is 0 Å². The molecule has 0 saturated heterocycles. The van der Waals surface area contributed by atoms with Crippen LogP contribution in [0.3, 0.4) is 0 Å². The van der Waals surface area contributed by atoms with Crippen molar-refractivity contribution in [1.29, 1.82) is 0 Å². The minimum Gasteiger partial charge on any atom is -0.506 e. The zero-order valence-electron chi connectivity index (χ0n) is 21.4. The molecule has 4 aromatic carbocycles. The van der Waals surface area contributed by atoms with Crippen LogP contribution in [-0.2, 0) is 5.41 Å². The normalized spacial score (nSPS) is 13.9. The van der Waals surface area contributed by atoms with Gasteiger partial charge in [-0.05, 0) is 53.6 Å². The van der Waals surface area contributed by atoms with Crippen LogP contribution in [-0.4, -0.2) is 22.7 Å². The highest BCUT2D eigenvalue weighted by Gasteiger charge is 2.42. The number of anilines is 4. The molecule has 3 N–H and O–H groups in total. The van der Waals surface area contributed by atoms with Gasteiger partial charge in [0, 0.05) is 23.6 Å². The van der Waals surface area contributed by atoms with Crippen molar-refractivity contribution in [3.63, 3.8) is 0 Å². The van der Waals surface area contributed by atoms with Gasteiger partial charge in [0.2, 0.25) is 0 Å². The summed E-state index contributed by atoms with van der Waals surface area (Å²) in [5.41, 5.74) is 2.75. The Bertz CT molecular complexity index is 1790. The van der Waals surface area contributed by atoms with Crippen molar-refractivity contribution in [1.82, 2.24) is 4.98 Å². The molecule has 0 saturated carbocycles. The highest BCUT2D eigenvalue weighted by atomic mass is 32.1. The van der Waals surface area contributed by atoms with Crippen molar-refractivity contribution in [3.8, 4) is 16.9 Å². The lowest BCUT2D eigenvalue weighted by atomic mass is 9.81. The molecule has 40 heavy (non-hydrogen) atoms. The summed E-state index contributed by atoms with van der Waals surface area (Å²) in [4.78, 5) is 19.1. The molecule has 0 radical (unpaired) electrons. The molecule has 10 heteroatoms. The van der Waals surface area contributed by atoms with Crippen molar-refractivity contribution in [3.05, 3.63) is 95.8 Å². The number of nitrogens with zero attached hydrogens (tertiary/aromatic N) is 2. The number of phenols is 1. The number of rotatable bonds is 4. The Hall–Kier alpha value is -4.57. The number of aromatic nitrogens is 1. The molecule has 0 bridgehead atoms. The molecule has 0 spiro atoms. The Morgan fingerprint density at radius 1 is 0.975 bits per heavy atom. The number of amides is 2.